The molecular weight excluding hydrogens is 178 g/mol. The molecule has 2 N–H and O–H groups in total. The zero-order valence-electron chi connectivity index (χ0n) is 8.36. The van der Waals surface area contributed by atoms with Crippen molar-refractivity contribution < 1.29 is 0 Å². The van der Waals surface area contributed by atoms with Gasteiger partial charge in [-0.1, -0.05) is 0 Å². The summed E-state index contributed by atoms with van der Waals surface area (Å²) in [7, 11) is 1.74. The molecule has 76 valence electrons. The third kappa shape index (κ3) is 1.57. The van der Waals surface area contributed by atoms with Gasteiger partial charge in [-0.15, -0.1) is 0 Å². The van der Waals surface area contributed by atoms with Gasteiger partial charge in [0.15, 0.2) is 0 Å². The summed E-state index contributed by atoms with van der Waals surface area (Å²) in [5.41, 5.74) is 7.76. The van der Waals surface area contributed by atoms with Gasteiger partial charge in [0.25, 0.3) is 5.56 Å². The van der Waals surface area contributed by atoms with Crippen LogP contribution >= 0.6 is 0 Å². The van der Waals surface area contributed by atoms with Crippen LogP contribution in [0.3, 0.4) is 0 Å². The summed E-state index contributed by atoms with van der Waals surface area (Å²) in [6.07, 6.45) is 5.04. The molecule has 1 atom stereocenters. The number of aromatic nitrogens is 2. The average molecular weight is 193 g/mol. The normalized spacial score (nSPS) is 21.4. The lowest BCUT2D eigenvalue weighted by Crippen LogP contribution is -2.23. The molecule has 1 heterocycles. The summed E-state index contributed by atoms with van der Waals surface area (Å²) >= 11 is 0. The van der Waals surface area contributed by atoms with Crippen molar-refractivity contribution in [3.05, 3.63) is 27.9 Å². The third-order valence-corrected chi connectivity index (χ3v) is 2.83. The molecule has 0 aromatic carbocycles. The third-order valence-electron chi connectivity index (χ3n) is 2.83. The Balaban J connectivity index is 2.46. The Labute approximate surface area is 82.8 Å². The van der Waals surface area contributed by atoms with E-state index in [1.165, 1.54) is 4.57 Å². The van der Waals surface area contributed by atoms with Gasteiger partial charge in [0.1, 0.15) is 0 Å². The zero-order valence-corrected chi connectivity index (χ0v) is 8.36. The van der Waals surface area contributed by atoms with Crippen molar-refractivity contribution in [1.82, 2.24) is 9.55 Å². The average Bonchev–Trinajstić information content (AvgIpc) is 2.35. The SMILES string of the molecule is Cn1cnc2c(c1=O)CC[C@@H](N)CC2. The fraction of sp³-hybridized carbons (Fsp3) is 0.600. The predicted molar refractivity (Wildman–Crippen MR) is 54.1 cm³/mol. The summed E-state index contributed by atoms with van der Waals surface area (Å²) in [6.45, 7) is 0. The molecule has 0 aliphatic heterocycles. The number of aryl methyl sites for hydroxylation is 2. The van der Waals surface area contributed by atoms with Crippen LogP contribution < -0.4 is 11.3 Å². The van der Waals surface area contributed by atoms with Crippen LogP contribution in [-0.2, 0) is 19.9 Å². The monoisotopic (exact) mass is 193 g/mol. The molecule has 14 heavy (non-hydrogen) atoms. The van der Waals surface area contributed by atoms with Crippen molar-refractivity contribution >= 4 is 0 Å². The lowest BCUT2D eigenvalue weighted by atomic mass is 10.1. The van der Waals surface area contributed by atoms with Gasteiger partial charge in [0.2, 0.25) is 0 Å². The van der Waals surface area contributed by atoms with Gasteiger partial charge in [0, 0.05) is 18.7 Å². The van der Waals surface area contributed by atoms with Crippen LogP contribution in [0.5, 0.6) is 0 Å². The molecule has 0 spiro atoms. The second kappa shape index (κ2) is 3.53. The first-order valence-electron chi connectivity index (χ1n) is 4.97. The maximum absolute atomic E-state index is 11.8. The van der Waals surface area contributed by atoms with Gasteiger partial charge in [-0.2, -0.15) is 0 Å². The van der Waals surface area contributed by atoms with E-state index in [0.29, 0.717) is 0 Å². The van der Waals surface area contributed by atoms with Crippen LogP contribution in [0, 0.1) is 0 Å². The molecular formula is C10H15N3O. The van der Waals surface area contributed by atoms with Gasteiger partial charge in [-0.3, -0.25) is 4.79 Å². The highest BCUT2D eigenvalue weighted by atomic mass is 16.1. The Morgan fingerprint density at radius 1 is 1.50 bits per heavy atom. The van der Waals surface area contributed by atoms with Crippen LogP contribution in [-0.4, -0.2) is 15.6 Å². The quantitative estimate of drug-likeness (QED) is 0.589. The van der Waals surface area contributed by atoms with Crippen molar-refractivity contribution in [2.24, 2.45) is 12.8 Å². The molecule has 1 aliphatic carbocycles. The molecule has 4 heteroatoms. The highest BCUT2D eigenvalue weighted by molar-refractivity contribution is 5.19. The number of hydrogen-bond donors (Lipinski definition) is 1. The van der Waals surface area contributed by atoms with Gasteiger partial charge in [0.05, 0.1) is 12.0 Å². The molecule has 1 aliphatic rings. The number of nitrogens with two attached hydrogens (primary N) is 1. The Bertz CT molecular complexity index is 397. The fourth-order valence-corrected chi connectivity index (χ4v) is 1.89. The Kier molecular flexibility index (Phi) is 2.37. The minimum atomic E-state index is 0.0871. The lowest BCUT2D eigenvalue weighted by molar-refractivity contribution is 0.587. The molecule has 0 bridgehead atoms. The van der Waals surface area contributed by atoms with Gasteiger partial charge in [-0.25, -0.2) is 4.98 Å². The van der Waals surface area contributed by atoms with Crippen molar-refractivity contribution in [3.63, 3.8) is 0 Å². The number of nitrogens with zero attached hydrogens (tertiary/aromatic N) is 2. The van der Waals surface area contributed by atoms with E-state index in [1.807, 2.05) is 0 Å². The molecule has 0 unspecified atom stereocenters. The molecule has 1 aromatic rings. The van der Waals surface area contributed by atoms with E-state index in [0.717, 1.165) is 36.9 Å². The first-order valence-corrected chi connectivity index (χ1v) is 4.97. The van der Waals surface area contributed by atoms with Crippen LogP contribution in [0.2, 0.25) is 0 Å². The Morgan fingerprint density at radius 3 is 3.00 bits per heavy atom. The first kappa shape index (κ1) is 9.40. The van der Waals surface area contributed by atoms with Crippen LogP contribution in [0.25, 0.3) is 0 Å². The highest BCUT2D eigenvalue weighted by Gasteiger charge is 2.17. The summed E-state index contributed by atoms with van der Waals surface area (Å²) in [4.78, 5) is 16.0. The topological polar surface area (TPSA) is 60.9 Å². The van der Waals surface area contributed by atoms with E-state index in [9.17, 15) is 4.79 Å². The number of hydrogen-bond acceptors (Lipinski definition) is 3. The first-order chi connectivity index (χ1) is 6.68. The van der Waals surface area contributed by atoms with E-state index in [1.54, 1.807) is 13.4 Å². The zero-order chi connectivity index (χ0) is 10.1. The summed E-state index contributed by atoms with van der Waals surface area (Å²) in [5, 5.41) is 0. The molecule has 4 nitrogen and oxygen atoms in total. The standard InChI is InChI=1S/C10H15N3O/c1-13-6-12-9-5-3-7(11)2-4-8(9)10(13)14/h6-7H,2-5,11H2,1H3/t7-/m1/s1. The minimum absolute atomic E-state index is 0.0871. The summed E-state index contributed by atoms with van der Waals surface area (Å²) < 4.78 is 1.54. The van der Waals surface area contributed by atoms with Crippen LogP contribution in [0.15, 0.2) is 11.1 Å². The Morgan fingerprint density at radius 2 is 2.21 bits per heavy atom. The smallest absolute Gasteiger partial charge is 0.256 e. The molecule has 2 rings (SSSR count). The van der Waals surface area contributed by atoms with Crippen molar-refractivity contribution in [2.75, 3.05) is 0 Å². The van der Waals surface area contributed by atoms with Crippen molar-refractivity contribution in [1.29, 1.82) is 0 Å². The van der Waals surface area contributed by atoms with E-state index in [4.69, 9.17) is 5.73 Å². The minimum Gasteiger partial charge on any atom is -0.328 e. The van der Waals surface area contributed by atoms with Gasteiger partial charge >= 0.3 is 0 Å². The van der Waals surface area contributed by atoms with Crippen LogP contribution in [0.4, 0.5) is 0 Å². The van der Waals surface area contributed by atoms with E-state index >= 15 is 0 Å². The maximum Gasteiger partial charge on any atom is 0.256 e. The van der Waals surface area contributed by atoms with Gasteiger partial charge < -0.3 is 10.3 Å². The lowest BCUT2D eigenvalue weighted by Gasteiger charge is -2.04. The molecule has 0 fully saturated rings. The van der Waals surface area contributed by atoms with Gasteiger partial charge in [-0.05, 0) is 25.7 Å². The molecule has 0 amide bonds. The molecule has 0 radical (unpaired) electrons. The molecule has 0 saturated heterocycles. The van der Waals surface area contributed by atoms with E-state index in [2.05, 4.69) is 4.98 Å². The highest BCUT2D eigenvalue weighted by Crippen LogP contribution is 2.14. The van der Waals surface area contributed by atoms with E-state index in [-0.39, 0.29) is 11.6 Å². The second-order valence-corrected chi connectivity index (χ2v) is 3.92. The second-order valence-electron chi connectivity index (χ2n) is 3.92. The fourth-order valence-electron chi connectivity index (χ4n) is 1.89. The summed E-state index contributed by atoms with van der Waals surface area (Å²) in [6, 6.07) is 0.217. The number of fused-ring (bicyclic) bond motifs is 1. The number of rotatable bonds is 0. The maximum atomic E-state index is 11.8. The van der Waals surface area contributed by atoms with Crippen LogP contribution in [0.1, 0.15) is 24.1 Å². The summed E-state index contributed by atoms with van der Waals surface area (Å²) in [5.74, 6) is 0. The molecule has 1 aromatic heterocycles. The largest absolute Gasteiger partial charge is 0.328 e. The predicted octanol–water partition coefficient (Wildman–Crippen LogP) is -0.0136. The molecule has 0 saturated carbocycles. The van der Waals surface area contributed by atoms with Crippen molar-refractivity contribution in [2.45, 2.75) is 31.7 Å². The van der Waals surface area contributed by atoms with Crippen molar-refractivity contribution in [3.8, 4) is 0 Å². The Hall–Kier alpha value is -1.16. The van der Waals surface area contributed by atoms with E-state index < -0.39 is 0 Å².